The van der Waals surface area contributed by atoms with E-state index in [4.69, 9.17) is 15.2 Å². The van der Waals surface area contributed by atoms with Crippen molar-refractivity contribution in [2.45, 2.75) is 24.8 Å². The molecule has 1 heterocycles. The molecule has 8 nitrogen and oxygen atoms in total. The van der Waals surface area contributed by atoms with Crippen LogP contribution in [0.25, 0.3) is 0 Å². The number of fused-ring (bicyclic) bond motifs is 1. The van der Waals surface area contributed by atoms with E-state index in [2.05, 4.69) is 5.32 Å². The van der Waals surface area contributed by atoms with Crippen LogP contribution in [0, 0.1) is 0 Å². The minimum Gasteiger partial charge on any atom is -0.454 e. The van der Waals surface area contributed by atoms with E-state index in [1.54, 1.807) is 26.0 Å². The monoisotopic (exact) mass is 391 g/mol. The van der Waals surface area contributed by atoms with Crippen LogP contribution >= 0.6 is 0 Å². The van der Waals surface area contributed by atoms with Gasteiger partial charge in [0.05, 0.1) is 16.3 Å². The maximum atomic E-state index is 12.5. The Morgan fingerprint density at radius 3 is 2.33 bits per heavy atom. The molecule has 0 unspecified atom stereocenters. The third kappa shape index (κ3) is 3.69. The molecule has 0 fully saturated rings. The molecule has 0 spiro atoms. The Labute approximate surface area is 157 Å². The minimum atomic E-state index is -3.60. The zero-order chi connectivity index (χ0) is 19.8. The molecule has 0 saturated carbocycles. The maximum absolute atomic E-state index is 12.5. The van der Waals surface area contributed by atoms with Crippen molar-refractivity contribution in [1.29, 1.82) is 0 Å². The fourth-order valence-electron chi connectivity index (χ4n) is 2.48. The van der Waals surface area contributed by atoms with Gasteiger partial charge in [0.15, 0.2) is 11.5 Å². The lowest BCUT2D eigenvalue weighted by Gasteiger charge is -2.21. The molecule has 2 aromatic rings. The summed E-state index contributed by atoms with van der Waals surface area (Å²) < 4.78 is 36.7. The summed E-state index contributed by atoms with van der Waals surface area (Å²) in [6.45, 7) is 3.68. The van der Waals surface area contributed by atoms with Crippen LogP contribution in [0.2, 0.25) is 0 Å². The van der Waals surface area contributed by atoms with Gasteiger partial charge in [0, 0.05) is 30.8 Å². The minimum absolute atomic E-state index is 0.104. The number of carbonyl (C=O) groups is 1. The van der Waals surface area contributed by atoms with Gasteiger partial charge >= 0.3 is 0 Å². The highest BCUT2D eigenvalue weighted by Crippen LogP contribution is 2.38. The lowest BCUT2D eigenvalue weighted by Crippen LogP contribution is -2.33. The smallest absolute Gasteiger partial charge is 0.255 e. The molecule has 0 radical (unpaired) electrons. The summed E-state index contributed by atoms with van der Waals surface area (Å²) >= 11 is 0. The molecule has 3 N–H and O–H groups in total. The summed E-state index contributed by atoms with van der Waals surface area (Å²) in [6.07, 6.45) is 0. The largest absolute Gasteiger partial charge is 0.454 e. The molecule has 1 aliphatic rings. The Kier molecular flexibility index (Phi) is 4.99. The molecule has 0 bridgehead atoms. The number of rotatable bonds is 5. The predicted molar refractivity (Wildman–Crippen MR) is 101 cm³/mol. The van der Waals surface area contributed by atoms with E-state index in [9.17, 15) is 13.2 Å². The van der Waals surface area contributed by atoms with Gasteiger partial charge in [-0.25, -0.2) is 8.42 Å². The molecule has 3 rings (SSSR count). The van der Waals surface area contributed by atoms with Crippen molar-refractivity contribution in [1.82, 2.24) is 4.31 Å². The number of nitrogens with one attached hydrogen (secondary N) is 1. The highest BCUT2D eigenvalue weighted by atomic mass is 32.2. The molecule has 27 heavy (non-hydrogen) atoms. The van der Waals surface area contributed by atoms with Crippen molar-refractivity contribution in [3.63, 3.8) is 0 Å². The number of hydrogen-bond acceptors (Lipinski definition) is 6. The average Bonchev–Trinajstić information content (AvgIpc) is 3.08. The summed E-state index contributed by atoms with van der Waals surface area (Å²) in [7, 11) is -2.09. The van der Waals surface area contributed by atoms with Crippen molar-refractivity contribution in [2.75, 3.05) is 24.9 Å². The number of ether oxygens (including phenoxy) is 2. The van der Waals surface area contributed by atoms with Crippen LogP contribution in [-0.2, 0) is 10.0 Å². The summed E-state index contributed by atoms with van der Waals surface area (Å²) in [4.78, 5) is 12.6. The topological polar surface area (TPSA) is 111 Å². The molecular formula is C18H21N3O5S. The van der Waals surface area contributed by atoms with Crippen LogP contribution in [0.5, 0.6) is 11.5 Å². The van der Waals surface area contributed by atoms with E-state index in [0.29, 0.717) is 28.4 Å². The highest BCUT2D eigenvalue weighted by molar-refractivity contribution is 7.89. The summed E-state index contributed by atoms with van der Waals surface area (Å²) in [6, 6.07) is 8.73. The number of benzene rings is 2. The SMILES string of the molecule is CC(C)N(C)S(=O)(=O)c1ccc(C(=O)Nc2cc3c(cc2N)OCO3)cc1. The van der Waals surface area contributed by atoms with Crippen LogP contribution in [0.3, 0.4) is 0 Å². The zero-order valence-corrected chi connectivity index (χ0v) is 16.0. The number of nitrogen functional groups attached to an aromatic ring is 1. The lowest BCUT2D eigenvalue weighted by atomic mass is 10.2. The Morgan fingerprint density at radius 1 is 1.15 bits per heavy atom. The first-order valence-corrected chi connectivity index (χ1v) is 9.72. The molecule has 0 atom stereocenters. The van der Waals surface area contributed by atoms with Crippen molar-refractivity contribution in [2.24, 2.45) is 0 Å². The highest BCUT2D eigenvalue weighted by Gasteiger charge is 2.23. The van der Waals surface area contributed by atoms with Gasteiger partial charge in [0.25, 0.3) is 5.91 Å². The van der Waals surface area contributed by atoms with E-state index in [1.165, 1.54) is 35.6 Å². The second kappa shape index (κ2) is 7.09. The molecule has 9 heteroatoms. The molecule has 2 aromatic carbocycles. The fourth-order valence-corrected chi connectivity index (χ4v) is 3.85. The van der Waals surface area contributed by atoms with Crippen LogP contribution < -0.4 is 20.5 Å². The molecule has 1 aliphatic heterocycles. The fraction of sp³-hybridized carbons (Fsp3) is 0.278. The number of hydrogen-bond donors (Lipinski definition) is 2. The van der Waals surface area contributed by atoms with Gasteiger partial charge < -0.3 is 20.5 Å². The van der Waals surface area contributed by atoms with Gasteiger partial charge in [0.1, 0.15) is 0 Å². The Bertz CT molecular complexity index is 971. The molecule has 0 aromatic heterocycles. The van der Waals surface area contributed by atoms with Crippen LogP contribution in [-0.4, -0.2) is 38.5 Å². The van der Waals surface area contributed by atoms with E-state index >= 15 is 0 Å². The molecule has 0 saturated heterocycles. The van der Waals surface area contributed by atoms with Crippen molar-refractivity contribution < 1.29 is 22.7 Å². The number of amides is 1. The molecule has 1 amide bonds. The predicted octanol–water partition coefficient (Wildman–Crippen LogP) is 2.28. The van der Waals surface area contributed by atoms with E-state index in [0.717, 1.165) is 0 Å². The third-order valence-electron chi connectivity index (χ3n) is 4.31. The zero-order valence-electron chi connectivity index (χ0n) is 15.2. The first kappa shape index (κ1) is 19.0. The van der Waals surface area contributed by atoms with Crippen LogP contribution in [0.15, 0.2) is 41.3 Å². The van der Waals surface area contributed by atoms with Gasteiger partial charge in [-0.3, -0.25) is 4.79 Å². The van der Waals surface area contributed by atoms with Crippen molar-refractivity contribution >= 4 is 27.3 Å². The van der Waals surface area contributed by atoms with E-state index in [-0.39, 0.29) is 17.7 Å². The number of carbonyl (C=O) groups excluding carboxylic acids is 1. The van der Waals surface area contributed by atoms with Gasteiger partial charge in [-0.15, -0.1) is 0 Å². The third-order valence-corrected chi connectivity index (χ3v) is 6.36. The second-order valence-electron chi connectivity index (χ2n) is 6.39. The van der Waals surface area contributed by atoms with Crippen LogP contribution in [0.4, 0.5) is 11.4 Å². The van der Waals surface area contributed by atoms with Crippen molar-refractivity contribution in [3.05, 3.63) is 42.0 Å². The first-order valence-electron chi connectivity index (χ1n) is 8.28. The maximum Gasteiger partial charge on any atom is 0.255 e. The summed E-state index contributed by atoms with van der Waals surface area (Å²) in [5, 5.41) is 2.70. The normalized spacial score (nSPS) is 13.2. The Balaban J connectivity index is 1.79. The number of anilines is 2. The number of sulfonamides is 1. The Morgan fingerprint density at radius 2 is 1.74 bits per heavy atom. The van der Waals surface area contributed by atoms with E-state index < -0.39 is 15.9 Å². The van der Waals surface area contributed by atoms with Crippen LogP contribution in [0.1, 0.15) is 24.2 Å². The Hall–Kier alpha value is -2.78. The molecule has 144 valence electrons. The van der Waals surface area contributed by atoms with Gasteiger partial charge in [-0.2, -0.15) is 4.31 Å². The van der Waals surface area contributed by atoms with Gasteiger partial charge in [0.2, 0.25) is 16.8 Å². The van der Waals surface area contributed by atoms with Gasteiger partial charge in [-0.1, -0.05) is 0 Å². The van der Waals surface area contributed by atoms with E-state index in [1.807, 2.05) is 0 Å². The summed E-state index contributed by atoms with van der Waals surface area (Å²) in [5.41, 5.74) is 6.96. The standard InChI is InChI=1S/C18H21N3O5S/c1-11(2)21(3)27(23,24)13-6-4-12(5-7-13)18(22)20-15-9-17-16(8-14(15)19)25-10-26-17/h4-9,11H,10,19H2,1-3H3,(H,20,22). The summed E-state index contributed by atoms with van der Waals surface area (Å²) in [5.74, 6) is 0.605. The van der Waals surface area contributed by atoms with Gasteiger partial charge in [-0.05, 0) is 38.1 Å². The molecule has 0 aliphatic carbocycles. The lowest BCUT2D eigenvalue weighted by molar-refractivity contribution is 0.102. The number of nitrogens with zero attached hydrogens (tertiary/aromatic N) is 1. The quantitative estimate of drug-likeness (QED) is 0.757. The average molecular weight is 391 g/mol. The molecular weight excluding hydrogens is 370 g/mol. The first-order chi connectivity index (χ1) is 12.7. The van der Waals surface area contributed by atoms with Crippen molar-refractivity contribution in [3.8, 4) is 11.5 Å². The number of nitrogens with two attached hydrogens (primary N) is 1. The second-order valence-corrected chi connectivity index (χ2v) is 8.38.